The Balaban J connectivity index is 1.67. The lowest BCUT2D eigenvalue weighted by atomic mass is 9.93. The number of amides is 2. The summed E-state index contributed by atoms with van der Waals surface area (Å²) in [6.07, 6.45) is 1.66. The van der Waals surface area contributed by atoms with Crippen molar-refractivity contribution in [3.63, 3.8) is 0 Å². The van der Waals surface area contributed by atoms with Crippen LogP contribution in [0.25, 0.3) is 0 Å². The Morgan fingerprint density at radius 1 is 1.43 bits per heavy atom. The van der Waals surface area contributed by atoms with Gasteiger partial charge in [-0.3, -0.25) is 0 Å². The number of aliphatic hydroxyl groups is 1. The number of thiophene rings is 1. The number of carbonyl (C=O) groups is 1. The van der Waals surface area contributed by atoms with Gasteiger partial charge >= 0.3 is 6.03 Å². The number of fused-ring (bicyclic) bond motifs is 1. The normalized spacial score (nSPS) is 18.3. The number of rotatable bonds is 4. The van der Waals surface area contributed by atoms with E-state index < -0.39 is 0 Å². The standard InChI is InChI=1S/C18H22N2O2S/c1-13(10-14-7-9-23-12-14)19-18(22)20-8-6-15-4-2-3-5-16(15)17(20)11-21/h2-5,7,9,12-13,17,21H,6,8,10-11H2,1H3,(H,19,22)/t13-,17-/m1/s1. The van der Waals surface area contributed by atoms with E-state index in [0.29, 0.717) is 6.54 Å². The molecule has 23 heavy (non-hydrogen) atoms. The zero-order chi connectivity index (χ0) is 16.2. The van der Waals surface area contributed by atoms with E-state index >= 15 is 0 Å². The highest BCUT2D eigenvalue weighted by atomic mass is 32.1. The van der Waals surface area contributed by atoms with Crippen LogP contribution in [0.1, 0.15) is 29.7 Å². The fourth-order valence-corrected chi connectivity index (χ4v) is 3.88. The summed E-state index contributed by atoms with van der Waals surface area (Å²) >= 11 is 1.67. The third kappa shape index (κ3) is 3.57. The quantitative estimate of drug-likeness (QED) is 0.905. The van der Waals surface area contributed by atoms with Gasteiger partial charge in [0.15, 0.2) is 0 Å². The molecule has 0 radical (unpaired) electrons. The zero-order valence-electron chi connectivity index (χ0n) is 13.2. The molecule has 0 fully saturated rings. The largest absolute Gasteiger partial charge is 0.394 e. The first kappa shape index (κ1) is 16.0. The maximum atomic E-state index is 12.6. The molecule has 4 nitrogen and oxygen atoms in total. The van der Waals surface area contributed by atoms with Gasteiger partial charge in [-0.15, -0.1) is 0 Å². The minimum atomic E-state index is -0.256. The van der Waals surface area contributed by atoms with E-state index in [4.69, 9.17) is 0 Å². The Hall–Kier alpha value is -1.85. The highest BCUT2D eigenvalue weighted by molar-refractivity contribution is 7.07. The maximum absolute atomic E-state index is 12.6. The summed E-state index contributed by atoms with van der Waals surface area (Å²) in [5, 5.41) is 17.0. The molecule has 2 atom stereocenters. The van der Waals surface area contributed by atoms with E-state index in [9.17, 15) is 9.90 Å². The number of benzene rings is 1. The second-order valence-electron chi connectivity index (χ2n) is 6.03. The molecule has 0 unspecified atom stereocenters. The van der Waals surface area contributed by atoms with Crippen molar-refractivity contribution in [2.45, 2.75) is 31.8 Å². The minimum absolute atomic E-state index is 0.0522. The van der Waals surface area contributed by atoms with Crippen molar-refractivity contribution in [2.24, 2.45) is 0 Å². The summed E-state index contributed by atoms with van der Waals surface area (Å²) in [5.74, 6) is 0. The second-order valence-corrected chi connectivity index (χ2v) is 6.81. The van der Waals surface area contributed by atoms with E-state index in [1.54, 1.807) is 16.2 Å². The molecule has 1 aromatic carbocycles. The Bertz CT molecular complexity index is 657. The number of urea groups is 1. The van der Waals surface area contributed by atoms with E-state index in [1.165, 1.54) is 11.1 Å². The van der Waals surface area contributed by atoms with Gasteiger partial charge in [0.1, 0.15) is 0 Å². The van der Waals surface area contributed by atoms with E-state index in [1.807, 2.05) is 30.5 Å². The van der Waals surface area contributed by atoms with Gasteiger partial charge in [-0.1, -0.05) is 24.3 Å². The van der Waals surface area contributed by atoms with Crippen molar-refractivity contribution >= 4 is 17.4 Å². The highest BCUT2D eigenvalue weighted by Gasteiger charge is 2.30. The fourth-order valence-electron chi connectivity index (χ4n) is 3.20. The smallest absolute Gasteiger partial charge is 0.318 e. The molecule has 3 rings (SSSR count). The van der Waals surface area contributed by atoms with Crippen LogP contribution in [0.15, 0.2) is 41.1 Å². The fraction of sp³-hybridized carbons (Fsp3) is 0.389. The SMILES string of the molecule is C[C@H](Cc1ccsc1)NC(=O)N1CCc2ccccc2[C@H]1CO. The van der Waals surface area contributed by atoms with E-state index in [0.717, 1.165) is 18.4 Å². The summed E-state index contributed by atoms with van der Waals surface area (Å²) in [6.45, 7) is 2.60. The van der Waals surface area contributed by atoms with Crippen LogP contribution >= 0.6 is 11.3 Å². The van der Waals surface area contributed by atoms with Gasteiger partial charge in [0.2, 0.25) is 0 Å². The maximum Gasteiger partial charge on any atom is 0.318 e. The van der Waals surface area contributed by atoms with Gasteiger partial charge in [-0.05, 0) is 53.3 Å². The molecular weight excluding hydrogens is 308 g/mol. The van der Waals surface area contributed by atoms with E-state index in [-0.39, 0.29) is 24.7 Å². The average Bonchev–Trinajstić information content (AvgIpc) is 3.06. The average molecular weight is 330 g/mol. The van der Waals surface area contributed by atoms with Gasteiger partial charge in [-0.25, -0.2) is 4.79 Å². The van der Waals surface area contributed by atoms with E-state index in [2.05, 4.69) is 22.8 Å². The summed E-state index contributed by atoms with van der Waals surface area (Å²) in [5.41, 5.74) is 3.52. The third-order valence-electron chi connectivity index (χ3n) is 4.34. The molecule has 0 saturated heterocycles. The molecule has 0 spiro atoms. The minimum Gasteiger partial charge on any atom is -0.394 e. The predicted octanol–water partition coefficient (Wildman–Crippen LogP) is 2.98. The van der Waals surface area contributed by atoms with Crippen molar-refractivity contribution in [1.29, 1.82) is 0 Å². The summed E-state index contributed by atoms with van der Waals surface area (Å²) in [7, 11) is 0. The molecule has 2 amide bonds. The van der Waals surface area contributed by atoms with Gasteiger partial charge in [-0.2, -0.15) is 11.3 Å². The van der Waals surface area contributed by atoms with Crippen LogP contribution in [-0.2, 0) is 12.8 Å². The van der Waals surface area contributed by atoms with Crippen LogP contribution < -0.4 is 5.32 Å². The molecule has 0 saturated carbocycles. The van der Waals surface area contributed by atoms with Crippen LogP contribution in [0.3, 0.4) is 0 Å². The number of aliphatic hydroxyl groups excluding tert-OH is 1. The number of nitrogens with one attached hydrogen (secondary N) is 1. The van der Waals surface area contributed by atoms with Crippen LogP contribution in [0.2, 0.25) is 0 Å². The Morgan fingerprint density at radius 3 is 3.00 bits per heavy atom. The molecule has 2 heterocycles. The molecule has 5 heteroatoms. The molecule has 0 aliphatic carbocycles. The Kier molecular flexibility index (Phi) is 4.98. The van der Waals surface area contributed by atoms with Gasteiger partial charge in [0, 0.05) is 12.6 Å². The topological polar surface area (TPSA) is 52.6 Å². The Labute approximate surface area is 140 Å². The molecular formula is C18H22N2O2S. The monoisotopic (exact) mass is 330 g/mol. The predicted molar refractivity (Wildman–Crippen MR) is 92.7 cm³/mol. The lowest BCUT2D eigenvalue weighted by Gasteiger charge is -2.37. The van der Waals surface area contributed by atoms with Crippen molar-refractivity contribution in [3.8, 4) is 0 Å². The molecule has 1 aromatic heterocycles. The first-order valence-electron chi connectivity index (χ1n) is 7.96. The second kappa shape index (κ2) is 7.15. The summed E-state index contributed by atoms with van der Waals surface area (Å²) in [4.78, 5) is 14.4. The van der Waals surface area contributed by atoms with Gasteiger partial charge in [0.25, 0.3) is 0 Å². The molecule has 0 bridgehead atoms. The van der Waals surface area contributed by atoms with Gasteiger partial charge < -0.3 is 15.3 Å². The third-order valence-corrected chi connectivity index (χ3v) is 5.07. The zero-order valence-corrected chi connectivity index (χ0v) is 14.1. The molecule has 1 aliphatic heterocycles. The first-order valence-corrected chi connectivity index (χ1v) is 8.90. The van der Waals surface area contributed by atoms with Gasteiger partial charge in [0.05, 0.1) is 12.6 Å². The Morgan fingerprint density at radius 2 is 2.26 bits per heavy atom. The number of nitrogens with zero attached hydrogens (tertiary/aromatic N) is 1. The molecule has 122 valence electrons. The molecule has 2 N–H and O–H groups in total. The van der Waals surface area contributed by atoms with Crippen LogP contribution in [0.5, 0.6) is 0 Å². The van der Waals surface area contributed by atoms with Crippen molar-refractivity contribution in [2.75, 3.05) is 13.2 Å². The lowest BCUT2D eigenvalue weighted by Crippen LogP contribution is -2.49. The van der Waals surface area contributed by atoms with Crippen molar-refractivity contribution in [3.05, 3.63) is 57.8 Å². The van der Waals surface area contributed by atoms with Crippen molar-refractivity contribution < 1.29 is 9.90 Å². The van der Waals surface area contributed by atoms with Crippen molar-refractivity contribution in [1.82, 2.24) is 10.2 Å². The van der Waals surface area contributed by atoms with Crippen LogP contribution in [-0.4, -0.2) is 35.2 Å². The lowest BCUT2D eigenvalue weighted by molar-refractivity contribution is 0.125. The van der Waals surface area contributed by atoms with Crippen LogP contribution in [0, 0.1) is 0 Å². The summed E-state index contributed by atoms with van der Waals surface area (Å²) < 4.78 is 0. The molecule has 1 aliphatic rings. The summed E-state index contributed by atoms with van der Waals surface area (Å²) in [6, 6.07) is 9.84. The van der Waals surface area contributed by atoms with Crippen LogP contribution in [0.4, 0.5) is 4.79 Å². The number of carbonyl (C=O) groups excluding carboxylic acids is 1. The molecule has 2 aromatic rings. The number of hydrogen-bond acceptors (Lipinski definition) is 3. The highest BCUT2D eigenvalue weighted by Crippen LogP contribution is 2.29. The first-order chi connectivity index (χ1) is 11.2. The number of hydrogen-bond donors (Lipinski definition) is 2.